The SMILES string of the molecule is O=[Te].[O]=[Bi].[O]=[Pb]. The Morgan fingerprint density at radius 1 is 1.17 bits per heavy atom. The van der Waals surface area contributed by atoms with Crippen molar-refractivity contribution in [3.63, 3.8) is 0 Å². The summed E-state index contributed by atoms with van der Waals surface area (Å²) in [7, 11) is 0. The molecule has 0 unspecified atom stereocenters. The second kappa shape index (κ2) is 63.2. The third-order valence-corrected chi connectivity index (χ3v) is 0. The van der Waals surface area contributed by atoms with Crippen LogP contribution in [0.5, 0.6) is 0 Å². The van der Waals surface area contributed by atoms with E-state index in [1.807, 2.05) is 0 Å². The van der Waals surface area contributed by atoms with Crippen molar-refractivity contribution in [2.24, 2.45) is 0 Å². The van der Waals surface area contributed by atoms with Crippen LogP contribution in [0.3, 0.4) is 0 Å². The van der Waals surface area contributed by atoms with Crippen LogP contribution >= 0.6 is 0 Å². The van der Waals surface area contributed by atoms with Crippen molar-refractivity contribution in [2.75, 3.05) is 0 Å². The predicted octanol–water partition coefficient (Wildman–Crippen LogP) is -1.50. The molecule has 0 aromatic heterocycles. The molecule has 0 aromatic rings. The molecule has 6 heavy (non-hydrogen) atoms. The van der Waals surface area contributed by atoms with E-state index in [2.05, 4.69) is 0 Å². The van der Waals surface area contributed by atoms with Crippen molar-refractivity contribution < 1.29 is 8.60 Å². The first-order valence-electron chi connectivity index (χ1n) is 0.553. The summed E-state index contributed by atoms with van der Waals surface area (Å²) in [5, 5.41) is 0. The van der Waals surface area contributed by atoms with Gasteiger partial charge in [0.15, 0.2) is 0 Å². The standard InChI is InChI=1S/Bi.OTe.2O.Pb/c;1-2;;;. The molecule has 0 rings (SSSR count). The van der Waals surface area contributed by atoms with Crippen molar-refractivity contribution >= 4 is 72.8 Å². The number of hydrogen-bond donors (Lipinski definition) is 0. The molecule has 0 aliphatic carbocycles. The summed E-state index contributed by atoms with van der Waals surface area (Å²) in [4.78, 5) is 0. The van der Waals surface area contributed by atoms with Gasteiger partial charge in [-0.15, -0.1) is 0 Å². The molecule has 0 fully saturated rings. The average Bonchev–Trinajstić information content (AvgIpc) is 1.81. The molecule has 0 aromatic carbocycles. The molecule has 3 nitrogen and oxygen atoms in total. The monoisotopic (exact) mass is 595 g/mol. The van der Waals surface area contributed by atoms with Gasteiger partial charge in [0.05, 0.1) is 0 Å². The number of hydrogen-bond acceptors (Lipinski definition) is 3. The Morgan fingerprint density at radius 2 is 1.17 bits per heavy atom. The maximum atomic E-state index is 8.39. The third kappa shape index (κ3) is 37.6. The summed E-state index contributed by atoms with van der Waals surface area (Å²) in [6, 6.07) is 0. The Kier molecular flexibility index (Phi) is 165. The van der Waals surface area contributed by atoms with Crippen molar-refractivity contribution in [3.8, 4) is 0 Å². The topological polar surface area (TPSA) is 51.2 Å². The van der Waals surface area contributed by atoms with Crippen LogP contribution in [0.4, 0.5) is 0 Å². The normalized spacial score (nSPS) is 2.00. The molecule has 0 amide bonds. The van der Waals surface area contributed by atoms with E-state index in [9.17, 15) is 0 Å². The molecular weight excluding hydrogens is 592 g/mol. The van der Waals surface area contributed by atoms with Crippen LogP contribution in [0.2, 0.25) is 0 Å². The minimum atomic E-state index is 0.0556. The molecule has 6 heteroatoms. The Balaban J connectivity index is -0.0000000225. The van der Waals surface area contributed by atoms with Crippen molar-refractivity contribution in [2.45, 2.75) is 0 Å². The molecule has 0 N–H and O–H groups in total. The van der Waals surface area contributed by atoms with Gasteiger partial charge in [-0.3, -0.25) is 0 Å². The van der Waals surface area contributed by atoms with E-state index in [0.29, 0.717) is 22.3 Å². The summed E-state index contributed by atoms with van der Waals surface area (Å²) >= 11 is 0.950. The van der Waals surface area contributed by atoms with E-state index in [1.165, 1.54) is 0 Å². The second-order valence-corrected chi connectivity index (χ2v) is 0. The van der Waals surface area contributed by atoms with Crippen molar-refractivity contribution in [3.05, 3.63) is 0 Å². The van der Waals surface area contributed by atoms with E-state index < -0.39 is 0 Å². The van der Waals surface area contributed by atoms with E-state index >= 15 is 0 Å². The van der Waals surface area contributed by atoms with Crippen LogP contribution in [0, 0.1) is 0 Å². The summed E-state index contributed by atoms with van der Waals surface area (Å²) < 4.78 is 25.0. The first-order valence-corrected chi connectivity index (χ1v) is 4.51. The zero-order chi connectivity index (χ0) is 6.00. The zero-order valence-electron chi connectivity index (χ0n) is 2.58. The third-order valence-electron chi connectivity index (χ3n) is 0. The van der Waals surface area contributed by atoms with Gasteiger partial charge >= 0.3 is 81.4 Å². The zero-order valence-corrected chi connectivity index (χ0v) is 12.3. The summed E-state index contributed by atoms with van der Waals surface area (Å²) in [6.45, 7) is 0. The van der Waals surface area contributed by atoms with Gasteiger partial charge in [0.2, 0.25) is 0 Å². The quantitative estimate of drug-likeness (QED) is 0.323. The van der Waals surface area contributed by atoms with Crippen LogP contribution in [0.15, 0.2) is 0 Å². The first kappa shape index (κ1) is 15.7. The Hall–Kier alpha value is 1.99. The summed E-state index contributed by atoms with van der Waals surface area (Å²) in [5.74, 6) is 0. The second-order valence-electron chi connectivity index (χ2n) is 0. The maximum absolute atomic E-state index is 8.39. The van der Waals surface area contributed by atoms with Gasteiger partial charge < -0.3 is 0 Å². The van der Waals surface area contributed by atoms with Crippen LogP contribution in [-0.4, -0.2) is 72.8 Å². The van der Waals surface area contributed by atoms with Crippen molar-refractivity contribution in [1.82, 2.24) is 0 Å². The van der Waals surface area contributed by atoms with Crippen LogP contribution in [0.1, 0.15) is 0 Å². The minimum absolute atomic E-state index is 0.0556. The van der Waals surface area contributed by atoms with Crippen molar-refractivity contribution in [1.29, 1.82) is 0 Å². The fourth-order valence-electron chi connectivity index (χ4n) is 0. The van der Waals surface area contributed by atoms with Gasteiger partial charge in [-0.05, 0) is 0 Å². The summed E-state index contributed by atoms with van der Waals surface area (Å²) in [6.07, 6.45) is 0. The fourth-order valence-corrected chi connectivity index (χ4v) is 0. The van der Waals surface area contributed by atoms with E-state index in [1.54, 1.807) is 0 Å². The van der Waals surface area contributed by atoms with Crippen LogP contribution in [0.25, 0.3) is 0 Å². The van der Waals surface area contributed by atoms with Gasteiger partial charge in [0.1, 0.15) is 0 Å². The fraction of sp³-hybridized carbons (Fsp3) is 0. The molecular formula is BiO3PbTe. The molecule has 0 saturated heterocycles. The van der Waals surface area contributed by atoms with E-state index in [0.717, 1.165) is 0 Å². The van der Waals surface area contributed by atoms with Crippen LogP contribution in [-0.2, 0) is 8.60 Å². The molecule has 33 valence electrons. The molecule has 0 bridgehead atoms. The molecule has 3 radical (unpaired) electrons. The predicted molar refractivity (Wildman–Crippen MR) is 19.3 cm³/mol. The van der Waals surface area contributed by atoms with E-state index in [4.69, 9.17) is 8.60 Å². The van der Waals surface area contributed by atoms with Gasteiger partial charge in [-0.25, -0.2) is 0 Å². The molecule has 0 aliphatic rings. The molecule has 0 aliphatic heterocycles. The molecule has 0 spiro atoms. The molecule has 0 saturated carbocycles. The first-order chi connectivity index (χ1) is 3.00. The number of rotatable bonds is 0. The molecule has 0 heterocycles. The van der Waals surface area contributed by atoms with Gasteiger partial charge in [0, 0.05) is 0 Å². The van der Waals surface area contributed by atoms with Gasteiger partial charge in [-0.1, -0.05) is 0 Å². The Bertz CT molecular complexity index is 15.5. The van der Waals surface area contributed by atoms with Gasteiger partial charge in [-0.2, -0.15) is 0 Å². The molecule has 0 atom stereocenters. The van der Waals surface area contributed by atoms with E-state index in [-0.39, 0.29) is 50.5 Å². The Labute approximate surface area is 80.0 Å². The van der Waals surface area contributed by atoms with Gasteiger partial charge in [0.25, 0.3) is 0 Å². The summed E-state index contributed by atoms with van der Waals surface area (Å²) in [5.41, 5.74) is 0. The average molecular weight is 592 g/mol. The van der Waals surface area contributed by atoms with Crippen LogP contribution < -0.4 is 0 Å². The Morgan fingerprint density at radius 3 is 1.17 bits per heavy atom.